The van der Waals surface area contributed by atoms with Crippen molar-refractivity contribution in [3.63, 3.8) is 0 Å². The minimum atomic E-state index is -4.52. The summed E-state index contributed by atoms with van der Waals surface area (Å²) in [6.45, 7) is 2.79. The van der Waals surface area contributed by atoms with Gasteiger partial charge in [0.1, 0.15) is 5.82 Å². The summed E-state index contributed by atoms with van der Waals surface area (Å²) in [7, 11) is 0. The Balaban J connectivity index is 1.82. The molecule has 3 rings (SSSR count). The van der Waals surface area contributed by atoms with Crippen molar-refractivity contribution < 1.29 is 17.6 Å². The molecule has 1 N–H and O–H groups in total. The molecule has 0 spiro atoms. The van der Waals surface area contributed by atoms with Gasteiger partial charge in [0, 0.05) is 25.7 Å². The minimum Gasteiger partial charge on any atom is -0.315 e. The third-order valence-corrected chi connectivity index (χ3v) is 4.49. The van der Waals surface area contributed by atoms with Gasteiger partial charge in [0.15, 0.2) is 0 Å². The molecule has 0 radical (unpaired) electrons. The molecule has 1 unspecified atom stereocenters. The summed E-state index contributed by atoms with van der Waals surface area (Å²) in [4.78, 5) is 2.14. The minimum absolute atomic E-state index is 0.168. The zero-order valence-corrected chi connectivity index (χ0v) is 12.3. The lowest BCUT2D eigenvalue weighted by atomic mass is 10.0. The maximum Gasteiger partial charge on any atom is 0.416 e. The summed E-state index contributed by atoms with van der Waals surface area (Å²) in [5, 5.41) is 3.26. The predicted molar refractivity (Wildman–Crippen MR) is 75.8 cm³/mol. The maximum absolute atomic E-state index is 13.2. The van der Waals surface area contributed by atoms with Crippen LogP contribution >= 0.6 is 0 Å². The van der Waals surface area contributed by atoms with Gasteiger partial charge < -0.3 is 5.32 Å². The van der Waals surface area contributed by atoms with Crippen molar-refractivity contribution in [2.45, 2.75) is 38.0 Å². The van der Waals surface area contributed by atoms with Crippen molar-refractivity contribution in [3.8, 4) is 0 Å². The number of hydrogen-bond donors (Lipinski definition) is 1. The SMILES string of the molecule is Fc1ccc(CN(CC2CC2)C2CCNC2)c(C(F)(F)F)c1. The highest BCUT2D eigenvalue weighted by Gasteiger charge is 2.36. The largest absolute Gasteiger partial charge is 0.416 e. The van der Waals surface area contributed by atoms with Gasteiger partial charge in [-0.15, -0.1) is 0 Å². The van der Waals surface area contributed by atoms with Crippen LogP contribution in [-0.2, 0) is 12.7 Å². The highest BCUT2D eigenvalue weighted by atomic mass is 19.4. The second kappa shape index (κ2) is 6.16. The second-order valence-corrected chi connectivity index (χ2v) is 6.32. The number of rotatable bonds is 5. The summed E-state index contributed by atoms with van der Waals surface area (Å²) >= 11 is 0. The fraction of sp³-hybridized carbons (Fsp3) is 0.625. The molecule has 1 heterocycles. The van der Waals surface area contributed by atoms with Crippen LogP contribution in [0.3, 0.4) is 0 Å². The van der Waals surface area contributed by atoms with Gasteiger partial charge in [0.2, 0.25) is 0 Å². The molecule has 2 aliphatic rings. The Bertz CT molecular complexity index is 519. The van der Waals surface area contributed by atoms with Gasteiger partial charge in [0.05, 0.1) is 5.56 Å². The van der Waals surface area contributed by atoms with Gasteiger partial charge in [0.25, 0.3) is 0 Å². The smallest absolute Gasteiger partial charge is 0.315 e. The summed E-state index contributed by atoms with van der Waals surface area (Å²) in [5.41, 5.74) is -0.680. The van der Waals surface area contributed by atoms with Crippen LogP contribution in [0.4, 0.5) is 17.6 Å². The van der Waals surface area contributed by atoms with E-state index in [9.17, 15) is 17.6 Å². The average Bonchev–Trinajstić information content (AvgIpc) is 3.09. The van der Waals surface area contributed by atoms with E-state index < -0.39 is 17.6 Å². The molecule has 1 saturated heterocycles. The van der Waals surface area contributed by atoms with E-state index in [1.165, 1.54) is 6.07 Å². The highest BCUT2D eigenvalue weighted by Crippen LogP contribution is 2.35. The Hall–Kier alpha value is -1.14. The van der Waals surface area contributed by atoms with Gasteiger partial charge >= 0.3 is 6.18 Å². The molecule has 0 bridgehead atoms. The van der Waals surface area contributed by atoms with Crippen LogP contribution in [0.1, 0.15) is 30.4 Å². The molecule has 2 nitrogen and oxygen atoms in total. The van der Waals surface area contributed by atoms with Gasteiger partial charge in [-0.2, -0.15) is 13.2 Å². The van der Waals surface area contributed by atoms with Crippen LogP contribution in [0.5, 0.6) is 0 Å². The number of benzene rings is 1. The number of nitrogens with zero attached hydrogens (tertiary/aromatic N) is 1. The van der Waals surface area contributed by atoms with Crippen molar-refractivity contribution in [3.05, 3.63) is 35.1 Å². The van der Waals surface area contributed by atoms with E-state index in [0.717, 1.165) is 45.0 Å². The first-order valence-corrected chi connectivity index (χ1v) is 7.74. The van der Waals surface area contributed by atoms with Gasteiger partial charge in [-0.1, -0.05) is 6.07 Å². The fourth-order valence-electron chi connectivity index (χ4n) is 3.10. The van der Waals surface area contributed by atoms with Gasteiger partial charge in [-0.25, -0.2) is 4.39 Å². The van der Waals surface area contributed by atoms with Crippen LogP contribution in [0.2, 0.25) is 0 Å². The van der Waals surface area contributed by atoms with E-state index in [1.807, 2.05) is 0 Å². The molecule has 1 atom stereocenters. The number of nitrogens with one attached hydrogen (secondary N) is 1. The molecule has 2 fully saturated rings. The molecule has 6 heteroatoms. The van der Waals surface area contributed by atoms with Crippen molar-refractivity contribution >= 4 is 0 Å². The first kappa shape index (κ1) is 15.7. The molecular weight excluding hydrogens is 296 g/mol. The third-order valence-electron chi connectivity index (χ3n) is 4.49. The zero-order valence-electron chi connectivity index (χ0n) is 12.3. The standard InChI is InChI=1S/C16H20F4N2/c17-13-4-3-12(15(7-13)16(18,19)20)10-22(9-11-1-2-11)14-5-6-21-8-14/h3-4,7,11,14,21H,1-2,5-6,8-10H2. The lowest BCUT2D eigenvalue weighted by Gasteiger charge is -2.29. The molecule has 1 aliphatic carbocycles. The Morgan fingerprint density at radius 3 is 2.55 bits per heavy atom. The van der Waals surface area contributed by atoms with E-state index in [-0.39, 0.29) is 18.2 Å². The van der Waals surface area contributed by atoms with E-state index in [0.29, 0.717) is 12.0 Å². The molecule has 0 aromatic heterocycles. The Morgan fingerprint density at radius 1 is 1.18 bits per heavy atom. The molecule has 1 aliphatic heterocycles. The Morgan fingerprint density at radius 2 is 1.95 bits per heavy atom. The van der Waals surface area contributed by atoms with E-state index in [2.05, 4.69) is 10.2 Å². The predicted octanol–water partition coefficient (Wildman–Crippen LogP) is 3.42. The first-order valence-electron chi connectivity index (χ1n) is 7.74. The number of alkyl halides is 3. The van der Waals surface area contributed by atoms with E-state index in [4.69, 9.17) is 0 Å². The van der Waals surface area contributed by atoms with Crippen LogP contribution in [-0.4, -0.2) is 30.6 Å². The third kappa shape index (κ3) is 3.79. The first-order chi connectivity index (χ1) is 10.4. The van der Waals surface area contributed by atoms with Crippen molar-refractivity contribution in [1.29, 1.82) is 0 Å². The highest BCUT2D eigenvalue weighted by molar-refractivity contribution is 5.30. The normalized spacial score (nSPS) is 22.5. The molecule has 1 aromatic rings. The van der Waals surface area contributed by atoms with Crippen LogP contribution < -0.4 is 5.32 Å². The van der Waals surface area contributed by atoms with Gasteiger partial charge in [-0.05, 0) is 49.4 Å². The zero-order chi connectivity index (χ0) is 15.7. The molecule has 1 aromatic carbocycles. The Labute approximate surface area is 127 Å². The molecule has 22 heavy (non-hydrogen) atoms. The van der Waals surface area contributed by atoms with Crippen LogP contribution in [0.25, 0.3) is 0 Å². The summed E-state index contributed by atoms with van der Waals surface area (Å²) < 4.78 is 52.6. The fourth-order valence-corrected chi connectivity index (χ4v) is 3.10. The van der Waals surface area contributed by atoms with E-state index in [1.54, 1.807) is 0 Å². The maximum atomic E-state index is 13.2. The monoisotopic (exact) mass is 316 g/mol. The number of halogens is 4. The van der Waals surface area contributed by atoms with Gasteiger partial charge in [-0.3, -0.25) is 4.90 Å². The quantitative estimate of drug-likeness (QED) is 0.838. The lowest BCUT2D eigenvalue weighted by molar-refractivity contribution is -0.138. The van der Waals surface area contributed by atoms with Crippen LogP contribution in [0.15, 0.2) is 18.2 Å². The summed E-state index contributed by atoms with van der Waals surface area (Å²) in [5.74, 6) is -0.234. The molecule has 1 saturated carbocycles. The lowest BCUT2D eigenvalue weighted by Crippen LogP contribution is -2.38. The van der Waals surface area contributed by atoms with E-state index >= 15 is 0 Å². The summed E-state index contributed by atoms with van der Waals surface area (Å²) in [6, 6.07) is 3.27. The van der Waals surface area contributed by atoms with Crippen molar-refractivity contribution in [2.75, 3.05) is 19.6 Å². The van der Waals surface area contributed by atoms with Crippen molar-refractivity contribution in [2.24, 2.45) is 5.92 Å². The molecule has 122 valence electrons. The topological polar surface area (TPSA) is 15.3 Å². The second-order valence-electron chi connectivity index (χ2n) is 6.32. The molecule has 0 amide bonds. The van der Waals surface area contributed by atoms with Crippen molar-refractivity contribution in [1.82, 2.24) is 10.2 Å². The van der Waals surface area contributed by atoms with Crippen LogP contribution in [0, 0.1) is 11.7 Å². The average molecular weight is 316 g/mol. The Kier molecular flexibility index (Phi) is 4.41. The molecular formula is C16H20F4N2. The number of hydrogen-bond acceptors (Lipinski definition) is 2. The summed E-state index contributed by atoms with van der Waals surface area (Å²) in [6.07, 6.45) is -1.25.